The molecule has 0 aliphatic carbocycles. The van der Waals surface area contributed by atoms with E-state index in [2.05, 4.69) is 5.10 Å². The van der Waals surface area contributed by atoms with Crippen LogP contribution >= 0.6 is 11.6 Å². The van der Waals surface area contributed by atoms with Crippen LogP contribution in [-0.2, 0) is 11.3 Å². The molecule has 0 saturated carbocycles. The van der Waals surface area contributed by atoms with Crippen molar-refractivity contribution in [1.29, 1.82) is 0 Å². The number of halogens is 1. The van der Waals surface area contributed by atoms with Gasteiger partial charge in [0.25, 0.3) is 5.56 Å². The molecule has 0 radical (unpaired) electrons. The number of aliphatic carboxylic acids is 1. The lowest BCUT2D eigenvalue weighted by atomic mass is 10.4. The summed E-state index contributed by atoms with van der Waals surface area (Å²) in [6.45, 7) is -0.201. The normalized spacial score (nSPS) is 12.1. The number of rotatable bonds is 4. The molecule has 1 heterocycles. The summed E-state index contributed by atoms with van der Waals surface area (Å²) in [6.07, 6.45) is 0. The van der Waals surface area contributed by atoms with Crippen molar-refractivity contribution in [2.24, 2.45) is 0 Å². The zero-order valence-electron chi connectivity index (χ0n) is 7.88. The predicted molar refractivity (Wildman–Crippen MR) is 52.3 cm³/mol. The molecule has 1 aromatic rings. The number of methoxy groups -OCH3 is 1. The molecule has 1 N–H and O–H groups in total. The summed E-state index contributed by atoms with van der Waals surface area (Å²) in [5.41, 5.74) is -0.428. The highest BCUT2D eigenvalue weighted by atomic mass is 35.5. The van der Waals surface area contributed by atoms with Crippen LogP contribution in [0.4, 0.5) is 0 Å². The van der Waals surface area contributed by atoms with Crippen LogP contribution in [0.25, 0.3) is 0 Å². The van der Waals surface area contributed by atoms with E-state index in [9.17, 15) is 9.59 Å². The van der Waals surface area contributed by atoms with Crippen molar-refractivity contribution in [3.63, 3.8) is 0 Å². The standard InChI is InChI=1S/C8H9ClN2O4/c1-15-6-2-3-7(12)11(10-6)4-5(9)8(13)14/h2-3,5H,4H2,1H3,(H,13,14). The molecule has 6 nitrogen and oxygen atoms in total. The first-order chi connectivity index (χ1) is 7.04. The van der Waals surface area contributed by atoms with Crippen LogP contribution in [0.5, 0.6) is 5.88 Å². The monoisotopic (exact) mass is 232 g/mol. The van der Waals surface area contributed by atoms with E-state index < -0.39 is 16.9 Å². The van der Waals surface area contributed by atoms with Crippen molar-refractivity contribution in [1.82, 2.24) is 9.78 Å². The highest BCUT2D eigenvalue weighted by molar-refractivity contribution is 6.29. The third-order valence-electron chi connectivity index (χ3n) is 1.65. The van der Waals surface area contributed by atoms with E-state index in [1.54, 1.807) is 0 Å². The zero-order valence-corrected chi connectivity index (χ0v) is 8.64. The molecule has 1 unspecified atom stereocenters. The number of carbonyl (C=O) groups is 1. The third kappa shape index (κ3) is 2.95. The molecule has 0 aliphatic heterocycles. The molecule has 1 aromatic heterocycles. The van der Waals surface area contributed by atoms with Crippen LogP contribution in [-0.4, -0.2) is 33.3 Å². The van der Waals surface area contributed by atoms with Gasteiger partial charge in [0, 0.05) is 12.1 Å². The van der Waals surface area contributed by atoms with Crippen LogP contribution in [0.15, 0.2) is 16.9 Å². The Balaban J connectivity index is 2.93. The van der Waals surface area contributed by atoms with Crippen molar-refractivity contribution in [3.05, 3.63) is 22.5 Å². The van der Waals surface area contributed by atoms with E-state index in [-0.39, 0.29) is 12.4 Å². The molecular weight excluding hydrogens is 224 g/mol. The lowest BCUT2D eigenvalue weighted by Crippen LogP contribution is -2.29. The average Bonchev–Trinajstić information content (AvgIpc) is 2.21. The molecule has 15 heavy (non-hydrogen) atoms. The summed E-state index contributed by atoms with van der Waals surface area (Å²) in [5, 5.41) is 11.1. The highest BCUT2D eigenvalue weighted by Crippen LogP contribution is 2.02. The van der Waals surface area contributed by atoms with Crippen LogP contribution in [0.2, 0.25) is 0 Å². The van der Waals surface area contributed by atoms with Gasteiger partial charge in [0.05, 0.1) is 13.7 Å². The maximum absolute atomic E-state index is 11.2. The molecule has 1 atom stereocenters. The number of alkyl halides is 1. The van der Waals surface area contributed by atoms with Gasteiger partial charge in [0.2, 0.25) is 5.88 Å². The van der Waals surface area contributed by atoms with Gasteiger partial charge in [-0.05, 0) is 0 Å². The van der Waals surface area contributed by atoms with Crippen molar-refractivity contribution < 1.29 is 14.6 Å². The second-order valence-electron chi connectivity index (χ2n) is 2.70. The molecule has 0 aliphatic rings. The SMILES string of the molecule is COc1ccc(=O)n(CC(Cl)C(=O)O)n1. The topological polar surface area (TPSA) is 81.4 Å². The molecule has 0 bridgehead atoms. The van der Waals surface area contributed by atoms with Gasteiger partial charge in [-0.1, -0.05) is 0 Å². The summed E-state index contributed by atoms with van der Waals surface area (Å²) in [5.74, 6) is -0.975. The van der Waals surface area contributed by atoms with E-state index in [4.69, 9.17) is 21.4 Å². The molecule has 0 saturated heterocycles. The molecule has 0 fully saturated rings. The van der Waals surface area contributed by atoms with Crippen LogP contribution in [0, 0.1) is 0 Å². The van der Waals surface area contributed by atoms with E-state index in [0.29, 0.717) is 0 Å². The van der Waals surface area contributed by atoms with E-state index >= 15 is 0 Å². The Hall–Kier alpha value is -1.56. The van der Waals surface area contributed by atoms with Gasteiger partial charge in [0.15, 0.2) is 5.38 Å². The largest absolute Gasteiger partial charge is 0.480 e. The van der Waals surface area contributed by atoms with Crippen molar-refractivity contribution in [3.8, 4) is 5.88 Å². The Kier molecular flexibility index (Phi) is 3.68. The molecule has 1 rings (SSSR count). The number of aromatic nitrogens is 2. The number of carboxylic acid groups (broad SMARTS) is 1. The maximum Gasteiger partial charge on any atom is 0.323 e. The molecule has 82 valence electrons. The lowest BCUT2D eigenvalue weighted by molar-refractivity contribution is -0.136. The van der Waals surface area contributed by atoms with Gasteiger partial charge >= 0.3 is 5.97 Å². The Labute approximate surface area is 90.0 Å². The number of hydrogen-bond acceptors (Lipinski definition) is 4. The molecule has 0 spiro atoms. The minimum absolute atomic E-state index is 0.201. The summed E-state index contributed by atoms with van der Waals surface area (Å²) in [4.78, 5) is 21.7. The van der Waals surface area contributed by atoms with Crippen molar-refractivity contribution >= 4 is 17.6 Å². The molecule has 7 heteroatoms. The third-order valence-corrected chi connectivity index (χ3v) is 1.98. The molecule has 0 amide bonds. The van der Waals surface area contributed by atoms with E-state index in [1.807, 2.05) is 0 Å². The van der Waals surface area contributed by atoms with E-state index in [1.165, 1.54) is 19.2 Å². The van der Waals surface area contributed by atoms with Crippen LogP contribution in [0.3, 0.4) is 0 Å². The molecule has 0 aromatic carbocycles. The number of carboxylic acids is 1. The Morgan fingerprint density at radius 3 is 2.93 bits per heavy atom. The van der Waals surface area contributed by atoms with Gasteiger partial charge in [-0.15, -0.1) is 16.7 Å². The fourth-order valence-corrected chi connectivity index (χ4v) is 1.03. The predicted octanol–water partition coefficient (Wildman–Crippen LogP) is -0.0561. The first-order valence-corrected chi connectivity index (χ1v) is 4.47. The summed E-state index contributed by atoms with van der Waals surface area (Å²) >= 11 is 5.48. The first-order valence-electron chi connectivity index (χ1n) is 4.03. The number of nitrogens with zero attached hydrogens (tertiary/aromatic N) is 2. The smallest absolute Gasteiger partial charge is 0.323 e. The maximum atomic E-state index is 11.2. The van der Waals surface area contributed by atoms with E-state index in [0.717, 1.165) is 4.68 Å². The highest BCUT2D eigenvalue weighted by Gasteiger charge is 2.15. The Bertz CT molecular complexity index is 417. The summed E-state index contributed by atoms with van der Waals surface area (Å²) in [6, 6.07) is 2.63. The second-order valence-corrected chi connectivity index (χ2v) is 3.23. The van der Waals surface area contributed by atoms with Gasteiger partial charge in [0.1, 0.15) is 0 Å². The first kappa shape index (κ1) is 11.5. The fourth-order valence-electron chi connectivity index (χ4n) is 0.900. The van der Waals surface area contributed by atoms with Crippen molar-refractivity contribution in [2.45, 2.75) is 11.9 Å². The van der Waals surface area contributed by atoms with Crippen LogP contribution in [0.1, 0.15) is 0 Å². The Morgan fingerprint density at radius 1 is 1.73 bits per heavy atom. The Morgan fingerprint density at radius 2 is 2.40 bits per heavy atom. The minimum atomic E-state index is -1.20. The van der Waals surface area contributed by atoms with Gasteiger partial charge in [-0.25, -0.2) is 4.68 Å². The number of hydrogen-bond donors (Lipinski definition) is 1. The average molecular weight is 233 g/mol. The summed E-state index contributed by atoms with van der Waals surface area (Å²) < 4.78 is 5.74. The number of ether oxygens (including phenoxy) is 1. The minimum Gasteiger partial charge on any atom is -0.480 e. The van der Waals surface area contributed by atoms with Gasteiger partial charge in [-0.3, -0.25) is 9.59 Å². The molecular formula is C8H9ClN2O4. The quantitative estimate of drug-likeness (QED) is 0.736. The zero-order chi connectivity index (χ0) is 11.4. The van der Waals surface area contributed by atoms with Gasteiger partial charge < -0.3 is 9.84 Å². The fraction of sp³-hybridized carbons (Fsp3) is 0.375. The van der Waals surface area contributed by atoms with Gasteiger partial charge in [-0.2, -0.15) is 0 Å². The van der Waals surface area contributed by atoms with Crippen molar-refractivity contribution in [2.75, 3.05) is 7.11 Å². The second kappa shape index (κ2) is 4.79. The summed E-state index contributed by atoms with van der Waals surface area (Å²) in [7, 11) is 1.40. The van der Waals surface area contributed by atoms with Crippen LogP contribution < -0.4 is 10.3 Å². The lowest BCUT2D eigenvalue weighted by Gasteiger charge is -2.07.